The fourth-order valence-electron chi connectivity index (χ4n) is 4.08. The van der Waals surface area contributed by atoms with Crippen LogP contribution < -0.4 is 5.32 Å². The van der Waals surface area contributed by atoms with Crippen LogP contribution >= 0.6 is 0 Å². The highest BCUT2D eigenvalue weighted by Gasteiger charge is 2.38. The third kappa shape index (κ3) is 4.43. The Balaban J connectivity index is 1.39. The van der Waals surface area contributed by atoms with E-state index in [1.165, 1.54) is 25.0 Å². The summed E-state index contributed by atoms with van der Waals surface area (Å²) in [6.07, 6.45) is -1.07. The van der Waals surface area contributed by atoms with E-state index in [1.54, 1.807) is 11.0 Å². The van der Waals surface area contributed by atoms with E-state index in [0.29, 0.717) is 19.1 Å². The van der Waals surface area contributed by atoms with Gasteiger partial charge in [0.1, 0.15) is 6.10 Å². The summed E-state index contributed by atoms with van der Waals surface area (Å²) in [6, 6.07) is 5.22. The van der Waals surface area contributed by atoms with Crippen LogP contribution in [-0.2, 0) is 15.7 Å². The fraction of sp³-hybridized carbons (Fsp3) is 0.650. The zero-order chi connectivity index (χ0) is 19.7. The largest absolute Gasteiger partial charge is 0.416 e. The summed E-state index contributed by atoms with van der Waals surface area (Å²) in [4.78, 5) is 14.3. The van der Waals surface area contributed by atoms with Gasteiger partial charge in [0.05, 0.1) is 24.8 Å². The van der Waals surface area contributed by atoms with Gasteiger partial charge < -0.3 is 19.7 Å². The molecule has 2 amide bonds. The molecule has 1 aromatic rings. The third-order valence-corrected chi connectivity index (χ3v) is 5.76. The van der Waals surface area contributed by atoms with Crippen molar-refractivity contribution in [2.45, 2.75) is 50.1 Å². The number of benzene rings is 1. The van der Waals surface area contributed by atoms with Crippen molar-refractivity contribution in [1.82, 2.24) is 10.2 Å². The molecule has 2 heterocycles. The summed E-state index contributed by atoms with van der Waals surface area (Å²) >= 11 is 0. The highest BCUT2D eigenvalue weighted by atomic mass is 19.4. The lowest BCUT2D eigenvalue weighted by Gasteiger charge is -2.36. The van der Waals surface area contributed by atoms with E-state index >= 15 is 0 Å². The van der Waals surface area contributed by atoms with Gasteiger partial charge >= 0.3 is 12.2 Å². The minimum Gasteiger partial charge on any atom is -0.378 e. The van der Waals surface area contributed by atoms with Crippen LogP contribution in [0.3, 0.4) is 0 Å². The number of urea groups is 1. The van der Waals surface area contributed by atoms with Crippen LogP contribution in [0, 0.1) is 5.92 Å². The lowest BCUT2D eigenvalue weighted by atomic mass is 10.00. The topological polar surface area (TPSA) is 50.8 Å². The molecule has 3 fully saturated rings. The first kappa shape index (κ1) is 19.5. The molecule has 3 atom stereocenters. The Kier molecular flexibility index (Phi) is 5.51. The van der Waals surface area contributed by atoms with Crippen LogP contribution in [-0.4, -0.2) is 49.4 Å². The van der Waals surface area contributed by atoms with Crippen LogP contribution in [0.25, 0.3) is 0 Å². The summed E-state index contributed by atoms with van der Waals surface area (Å²) in [7, 11) is 0. The lowest BCUT2D eigenvalue weighted by molar-refractivity contribution is -0.140. The molecule has 0 spiro atoms. The van der Waals surface area contributed by atoms with Crippen LogP contribution in [0.15, 0.2) is 24.3 Å². The van der Waals surface area contributed by atoms with Crippen molar-refractivity contribution in [3.63, 3.8) is 0 Å². The average molecular weight is 398 g/mol. The zero-order valence-electron chi connectivity index (χ0n) is 15.6. The van der Waals surface area contributed by atoms with E-state index < -0.39 is 17.8 Å². The molecule has 2 aliphatic heterocycles. The third-order valence-electron chi connectivity index (χ3n) is 5.76. The number of hydrogen-bond donors (Lipinski definition) is 1. The lowest BCUT2D eigenvalue weighted by Crippen LogP contribution is -2.52. The van der Waals surface area contributed by atoms with Gasteiger partial charge in [0.15, 0.2) is 0 Å². The van der Waals surface area contributed by atoms with E-state index in [9.17, 15) is 18.0 Å². The maximum atomic E-state index is 13.3. The summed E-state index contributed by atoms with van der Waals surface area (Å²) < 4.78 is 51.3. The number of nitrogens with zero attached hydrogens (tertiary/aromatic N) is 1. The molecule has 0 unspecified atom stereocenters. The van der Waals surface area contributed by atoms with Gasteiger partial charge in [-0.25, -0.2) is 4.79 Å². The van der Waals surface area contributed by atoms with Gasteiger partial charge in [0.25, 0.3) is 0 Å². The maximum Gasteiger partial charge on any atom is 0.416 e. The average Bonchev–Trinajstić information content (AvgIpc) is 3.53. The molecule has 1 aromatic carbocycles. The van der Waals surface area contributed by atoms with Gasteiger partial charge in [-0.2, -0.15) is 13.2 Å². The number of carbonyl (C=O) groups is 1. The number of alkyl halides is 3. The van der Waals surface area contributed by atoms with Crippen molar-refractivity contribution in [3.8, 4) is 0 Å². The van der Waals surface area contributed by atoms with E-state index in [1.807, 2.05) is 0 Å². The van der Waals surface area contributed by atoms with Gasteiger partial charge in [0.2, 0.25) is 0 Å². The minimum atomic E-state index is -4.45. The van der Waals surface area contributed by atoms with Crippen LogP contribution in [0.1, 0.15) is 42.9 Å². The first-order valence-corrected chi connectivity index (χ1v) is 9.86. The number of amides is 2. The monoisotopic (exact) mass is 398 g/mol. The molecule has 8 heteroatoms. The van der Waals surface area contributed by atoms with Gasteiger partial charge in [-0.15, -0.1) is 0 Å². The normalized spacial score (nSPS) is 28.8. The van der Waals surface area contributed by atoms with E-state index in [4.69, 9.17) is 9.47 Å². The second kappa shape index (κ2) is 7.91. The Morgan fingerprint density at radius 2 is 1.89 bits per heavy atom. The van der Waals surface area contributed by atoms with E-state index in [-0.39, 0.29) is 36.9 Å². The molecular weight excluding hydrogens is 373 g/mol. The van der Waals surface area contributed by atoms with Crippen molar-refractivity contribution < 1.29 is 27.4 Å². The number of hydrogen-bond acceptors (Lipinski definition) is 3. The van der Waals surface area contributed by atoms with Gasteiger partial charge in [0, 0.05) is 19.2 Å². The molecule has 28 heavy (non-hydrogen) atoms. The minimum absolute atomic E-state index is 0.0515. The Labute approximate surface area is 162 Å². The van der Waals surface area contributed by atoms with Crippen LogP contribution in [0.5, 0.6) is 0 Å². The molecule has 0 bridgehead atoms. The predicted octanol–water partition coefficient (Wildman–Crippen LogP) is 3.75. The number of rotatable bonds is 3. The first-order chi connectivity index (χ1) is 13.4. The second-order valence-corrected chi connectivity index (χ2v) is 7.81. The zero-order valence-corrected chi connectivity index (χ0v) is 15.6. The van der Waals surface area contributed by atoms with Crippen molar-refractivity contribution in [3.05, 3.63) is 35.4 Å². The molecule has 0 aromatic heterocycles. The smallest absolute Gasteiger partial charge is 0.378 e. The van der Waals surface area contributed by atoms with Crippen LogP contribution in [0.2, 0.25) is 0 Å². The van der Waals surface area contributed by atoms with Gasteiger partial charge in [-0.3, -0.25) is 0 Å². The predicted molar refractivity (Wildman–Crippen MR) is 95.7 cm³/mol. The maximum absolute atomic E-state index is 13.3. The van der Waals surface area contributed by atoms with Gasteiger partial charge in [-0.1, -0.05) is 18.2 Å². The molecule has 5 nitrogen and oxygen atoms in total. The first-order valence-electron chi connectivity index (χ1n) is 9.86. The van der Waals surface area contributed by atoms with Crippen LogP contribution in [0.4, 0.5) is 18.0 Å². The molecule has 2 saturated heterocycles. The van der Waals surface area contributed by atoms with Crippen molar-refractivity contribution >= 4 is 6.03 Å². The number of ether oxygens (including phenoxy) is 2. The van der Waals surface area contributed by atoms with Crippen molar-refractivity contribution in [2.24, 2.45) is 5.92 Å². The van der Waals surface area contributed by atoms with E-state index in [0.717, 1.165) is 18.9 Å². The molecule has 0 radical (unpaired) electrons. The van der Waals surface area contributed by atoms with Crippen molar-refractivity contribution in [1.29, 1.82) is 0 Å². The van der Waals surface area contributed by atoms with Gasteiger partial charge in [-0.05, 0) is 43.2 Å². The molecule has 3 aliphatic rings. The molecule has 1 aliphatic carbocycles. The standard InChI is InChI=1S/C20H25F3N2O3/c21-20(22,23)16-4-2-1-3-15(16)18-12-25(8-10-28-18)19(26)24-14-7-9-27-17(11-14)13-5-6-13/h1-4,13-14,17-18H,5-12H2,(H,24,26)/t14-,17+,18+/m1/s1. The SMILES string of the molecule is O=C(N[C@@H]1CCO[C@H](C2CC2)C1)N1CCO[C@H](c2ccccc2C(F)(F)F)C1. The molecule has 1 N–H and O–H groups in total. The molecule has 4 rings (SSSR count). The Hall–Kier alpha value is -1.80. The highest BCUT2D eigenvalue weighted by molar-refractivity contribution is 5.74. The molecule has 1 saturated carbocycles. The number of morpholine rings is 1. The Morgan fingerprint density at radius 1 is 1.11 bits per heavy atom. The summed E-state index contributed by atoms with van der Waals surface area (Å²) in [5.41, 5.74) is -0.633. The quantitative estimate of drug-likeness (QED) is 0.844. The summed E-state index contributed by atoms with van der Waals surface area (Å²) in [5.74, 6) is 0.617. The Bertz CT molecular complexity index is 708. The number of halogens is 3. The second-order valence-electron chi connectivity index (χ2n) is 7.81. The molecule has 154 valence electrons. The van der Waals surface area contributed by atoms with E-state index in [2.05, 4.69) is 5.32 Å². The number of nitrogens with one attached hydrogen (secondary N) is 1. The molecular formula is C20H25F3N2O3. The number of carbonyl (C=O) groups excluding carboxylic acids is 1. The summed E-state index contributed by atoms with van der Waals surface area (Å²) in [5, 5.41) is 3.05. The Morgan fingerprint density at radius 3 is 2.64 bits per heavy atom. The fourth-order valence-corrected chi connectivity index (χ4v) is 4.08. The summed E-state index contributed by atoms with van der Waals surface area (Å²) in [6.45, 7) is 1.32. The highest BCUT2D eigenvalue weighted by Crippen LogP contribution is 2.38. The van der Waals surface area contributed by atoms with Crippen molar-refractivity contribution in [2.75, 3.05) is 26.3 Å².